The smallest absolute Gasteiger partial charge is 0.224 e. The van der Waals surface area contributed by atoms with Crippen molar-refractivity contribution in [3.63, 3.8) is 0 Å². The van der Waals surface area contributed by atoms with Gasteiger partial charge in [0.15, 0.2) is 0 Å². The van der Waals surface area contributed by atoms with Crippen LogP contribution in [0.5, 0.6) is 0 Å². The molecule has 1 saturated heterocycles. The average Bonchev–Trinajstić information content (AvgIpc) is 2.32. The fraction of sp³-hybridized carbons (Fsp3) is 0.600. The summed E-state index contributed by atoms with van der Waals surface area (Å²) in [5.74, 6) is 2.06. The molecule has 1 aromatic heterocycles. The van der Waals surface area contributed by atoms with E-state index in [4.69, 9.17) is 11.6 Å². The van der Waals surface area contributed by atoms with Gasteiger partial charge in [0.2, 0.25) is 5.28 Å². The molecule has 0 spiro atoms. The Labute approximate surface area is 113 Å². The van der Waals surface area contributed by atoms with E-state index in [0.29, 0.717) is 10.5 Å². The van der Waals surface area contributed by atoms with E-state index in [-0.39, 0.29) is 0 Å². The maximum atomic E-state index is 5.83. The second-order valence-corrected chi connectivity index (χ2v) is 6.26. The highest BCUT2D eigenvalue weighted by Gasteiger charge is 2.21. The Kier molecular flexibility index (Phi) is 4.33. The normalized spacial score (nSPS) is 21.2. The van der Waals surface area contributed by atoms with Crippen molar-refractivity contribution in [2.75, 3.05) is 23.7 Å². The molecule has 0 radical (unpaired) electrons. The van der Waals surface area contributed by atoms with Crippen molar-refractivity contribution in [3.8, 4) is 0 Å². The minimum Gasteiger partial charge on any atom is -0.354 e. The quantitative estimate of drug-likeness (QED) is 0.782. The summed E-state index contributed by atoms with van der Waals surface area (Å²) in [6, 6.07) is 0. The number of nitrogens with zero attached hydrogens (tertiary/aromatic N) is 3. The van der Waals surface area contributed by atoms with Crippen LogP contribution in [0.4, 0.5) is 5.82 Å². The minimum absolute atomic E-state index is 0.310. The van der Waals surface area contributed by atoms with Gasteiger partial charge in [0.1, 0.15) is 5.82 Å². The van der Waals surface area contributed by atoms with Gasteiger partial charge in [-0.2, -0.15) is 16.7 Å². The van der Waals surface area contributed by atoms with Crippen LogP contribution in [0, 0.1) is 0 Å². The lowest BCUT2D eigenvalue weighted by Crippen LogP contribution is -2.38. The Balaban J connectivity index is 2.19. The molecule has 0 aliphatic carbocycles. The first kappa shape index (κ1) is 12.5. The van der Waals surface area contributed by atoms with Gasteiger partial charge in [0, 0.05) is 30.3 Å². The van der Waals surface area contributed by atoms with Gasteiger partial charge in [-0.3, -0.25) is 0 Å². The molecule has 16 heavy (non-hydrogen) atoms. The van der Waals surface area contributed by atoms with Crippen molar-refractivity contribution in [2.24, 2.45) is 0 Å². The van der Waals surface area contributed by atoms with Crippen LogP contribution in [0.2, 0.25) is 5.28 Å². The van der Waals surface area contributed by atoms with Gasteiger partial charge in [-0.1, -0.05) is 6.92 Å². The van der Waals surface area contributed by atoms with E-state index in [2.05, 4.69) is 37.7 Å². The maximum Gasteiger partial charge on any atom is 0.224 e. The molecule has 1 aliphatic rings. The zero-order valence-electron chi connectivity index (χ0n) is 8.99. The summed E-state index contributed by atoms with van der Waals surface area (Å²) in [5.41, 5.74) is 0. The molecule has 0 N–H and O–H groups in total. The topological polar surface area (TPSA) is 29.0 Å². The molecule has 0 aromatic carbocycles. The Morgan fingerprint density at radius 1 is 1.69 bits per heavy atom. The monoisotopic (exact) mass is 321 g/mol. The zero-order valence-corrected chi connectivity index (χ0v) is 12.1. The van der Waals surface area contributed by atoms with Crippen LogP contribution < -0.4 is 4.90 Å². The first-order valence-electron chi connectivity index (χ1n) is 5.25. The third-order valence-corrected chi connectivity index (χ3v) is 4.70. The van der Waals surface area contributed by atoms with E-state index in [0.717, 1.165) is 29.1 Å². The molecule has 1 unspecified atom stereocenters. The van der Waals surface area contributed by atoms with Crippen LogP contribution in [-0.4, -0.2) is 34.1 Å². The Morgan fingerprint density at radius 2 is 2.50 bits per heavy atom. The van der Waals surface area contributed by atoms with Crippen LogP contribution in [0.15, 0.2) is 10.7 Å². The van der Waals surface area contributed by atoms with Crippen molar-refractivity contribution in [1.29, 1.82) is 0 Å². The molecule has 3 nitrogen and oxygen atoms in total. The zero-order chi connectivity index (χ0) is 11.5. The SMILES string of the molecule is CCC1CN(c2nc(Cl)ncc2Br)CCS1. The summed E-state index contributed by atoms with van der Waals surface area (Å²) in [5, 5.41) is 0.999. The van der Waals surface area contributed by atoms with E-state index < -0.39 is 0 Å². The summed E-state index contributed by atoms with van der Waals surface area (Å²) in [6.07, 6.45) is 2.91. The molecule has 88 valence electrons. The number of anilines is 1. The Hall–Kier alpha value is -0.000000000000000111. The van der Waals surface area contributed by atoms with Crippen LogP contribution >= 0.6 is 39.3 Å². The van der Waals surface area contributed by atoms with Crippen molar-refractivity contribution in [1.82, 2.24) is 9.97 Å². The van der Waals surface area contributed by atoms with E-state index in [9.17, 15) is 0 Å². The minimum atomic E-state index is 0.310. The van der Waals surface area contributed by atoms with Gasteiger partial charge in [0.25, 0.3) is 0 Å². The highest BCUT2D eigenvalue weighted by atomic mass is 79.9. The Bertz CT molecular complexity index is 377. The molecule has 2 rings (SSSR count). The van der Waals surface area contributed by atoms with Crippen molar-refractivity contribution in [3.05, 3.63) is 16.0 Å². The van der Waals surface area contributed by atoms with Gasteiger partial charge in [-0.25, -0.2) is 4.98 Å². The highest BCUT2D eigenvalue weighted by Crippen LogP contribution is 2.29. The predicted octanol–water partition coefficient (Wildman–Crippen LogP) is 3.22. The highest BCUT2D eigenvalue weighted by molar-refractivity contribution is 9.10. The summed E-state index contributed by atoms with van der Waals surface area (Å²) in [4.78, 5) is 10.5. The van der Waals surface area contributed by atoms with E-state index in [1.807, 2.05) is 11.8 Å². The second kappa shape index (κ2) is 5.56. The fourth-order valence-corrected chi connectivity index (χ4v) is 3.47. The van der Waals surface area contributed by atoms with Crippen molar-refractivity contribution in [2.45, 2.75) is 18.6 Å². The third-order valence-electron chi connectivity index (χ3n) is 2.59. The number of hydrogen-bond acceptors (Lipinski definition) is 4. The van der Waals surface area contributed by atoms with E-state index >= 15 is 0 Å². The summed E-state index contributed by atoms with van der Waals surface area (Å²) in [6.45, 7) is 4.28. The van der Waals surface area contributed by atoms with Crippen molar-refractivity contribution < 1.29 is 0 Å². The third kappa shape index (κ3) is 2.81. The van der Waals surface area contributed by atoms with Crippen LogP contribution in [0.3, 0.4) is 0 Å². The number of halogens is 2. The number of hydrogen-bond donors (Lipinski definition) is 0. The molecule has 0 bridgehead atoms. The molecule has 0 amide bonds. The Morgan fingerprint density at radius 3 is 3.25 bits per heavy atom. The lowest BCUT2D eigenvalue weighted by atomic mass is 10.3. The van der Waals surface area contributed by atoms with Crippen LogP contribution in [0.25, 0.3) is 0 Å². The predicted molar refractivity (Wildman–Crippen MR) is 73.5 cm³/mol. The molecule has 1 atom stereocenters. The van der Waals surface area contributed by atoms with Gasteiger partial charge in [-0.15, -0.1) is 0 Å². The van der Waals surface area contributed by atoms with Crippen LogP contribution in [-0.2, 0) is 0 Å². The lowest BCUT2D eigenvalue weighted by Gasteiger charge is -2.33. The standard InChI is InChI=1S/C10H13BrClN3S/c1-2-7-6-15(3-4-16-7)9-8(11)5-13-10(12)14-9/h5,7H,2-4,6H2,1H3. The van der Waals surface area contributed by atoms with Crippen LogP contribution in [0.1, 0.15) is 13.3 Å². The number of rotatable bonds is 2. The first-order chi connectivity index (χ1) is 7.70. The number of aromatic nitrogens is 2. The molecule has 2 heterocycles. The molecule has 6 heteroatoms. The molecule has 1 aliphatic heterocycles. The summed E-state index contributed by atoms with van der Waals surface area (Å²) in [7, 11) is 0. The van der Waals surface area contributed by atoms with Gasteiger partial charge in [0.05, 0.1) is 4.47 Å². The molecule has 1 fully saturated rings. The van der Waals surface area contributed by atoms with E-state index in [1.165, 1.54) is 6.42 Å². The second-order valence-electron chi connectivity index (χ2n) is 3.66. The maximum absolute atomic E-state index is 5.83. The fourth-order valence-electron chi connectivity index (χ4n) is 1.72. The molecule has 0 saturated carbocycles. The molecule has 1 aromatic rings. The van der Waals surface area contributed by atoms with E-state index in [1.54, 1.807) is 6.20 Å². The van der Waals surface area contributed by atoms with Crippen molar-refractivity contribution >= 4 is 45.1 Å². The summed E-state index contributed by atoms with van der Waals surface area (Å²) < 4.78 is 0.915. The average molecular weight is 323 g/mol. The summed E-state index contributed by atoms with van der Waals surface area (Å²) >= 11 is 11.3. The largest absolute Gasteiger partial charge is 0.354 e. The first-order valence-corrected chi connectivity index (χ1v) is 7.47. The lowest BCUT2D eigenvalue weighted by molar-refractivity contribution is 0.717. The van der Waals surface area contributed by atoms with Gasteiger partial charge in [-0.05, 0) is 34.0 Å². The number of thioether (sulfide) groups is 1. The van der Waals surface area contributed by atoms with Gasteiger partial charge >= 0.3 is 0 Å². The van der Waals surface area contributed by atoms with Gasteiger partial charge < -0.3 is 4.90 Å². The molecular formula is C10H13BrClN3S. The molecular weight excluding hydrogens is 310 g/mol.